The molecule has 0 aliphatic heterocycles. The largest absolute Gasteiger partial charge is 0.282 e. The Bertz CT molecular complexity index is 141. The summed E-state index contributed by atoms with van der Waals surface area (Å²) in [4.78, 5) is 10.2. The molecule has 0 aromatic rings. The van der Waals surface area contributed by atoms with E-state index >= 15 is 0 Å². The minimum absolute atomic E-state index is 0.194. The summed E-state index contributed by atoms with van der Waals surface area (Å²) in [6.07, 6.45) is 1.89. The zero-order chi connectivity index (χ0) is 7.11. The lowest BCUT2D eigenvalue weighted by molar-refractivity contribution is -0.110. The summed E-state index contributed by atoms with van der Waals surface area (Å²) in [6, 6.07) is 0. The van der Waals surface area contributed by atoms with Crippen molar-refractivity contribution in [3.8, 4) is 11.8 Å². The summed E-state index contributed by atoms with van der Waals surface area (Å²) in [5, 5.41) is -0.194. The van der Waals surface area contributed by atoms with Crippen molar-refractivity contribution < 1.29 is 4.79 Å². The van der Waals surface area contributed by atoms with Crippen LogP contribution in [0.2, 0.25) is 0 Å². The minimum atomic E-state index is -0.194. The second kappa shape index (κ2) is 5.58. The Balaban J connectivity index is 3.19. The van der Waals surface area contributed by atoms with E-state index in [2.05, 4.69) is 24.5 Å². The van der Waals surface area contributed by atoms with E-state index < -0.39 is 0 Å². The zero-order valence-electron chi connectivity index (χ0n) is 5.44. The van der Waals surface area contributed by atoms with Crippen LogP contribution in [0.1, 0.15) is 26.2 Å². The number of hydrogen-bond donors (Lipinski definition) is 0. The maximum Gasteiger partial charge on any atom is 0.219 e. The van der Waals surface area contributed by atoms with Crippen LogP contribution in [0.5, 0.6) is 0 Å². The van der Waals surface area contributed by atoms with Crippen molar-refractivity contribution in [2.24, 2.45) is 0 Å². The molecule has 0 bridgehead atoms. The number of carbonyl (C=O) groups is 1. The van der Waals surface area contributed by atoms with E-state index in [0.717, 1.165) is 6.42 Å². The van der Waals surface area contributed by atoms with Crippen molar-refractivity contribution in [1.29, 1.82) is 0 Å². The molecule has 0 heterocycles. The maximum atomic E-state index is 10.2. The van der Waals surface area contributed by atoms with Crippen LogP contribution >= 0.6 is 12.6 Å². The lowest BCUT2D eigenvalue weighted by Crippen LogP contribution is -1.82. The van der Waals surface area contributed by atoms with Crippen LogP contribution < -0.4 is 0 Å². The quantitative estimate of drug-likeness (QED) is 0.537. The average Bonchev–Trinajstić information content (AvgIpc) is 1.80. The highest BCUT2D eigenvalue weighted by Crippen LogP contribution is 1.91. The first-order valence-corrected chi connectivity index (χ1v) is 3.33. The SMILES string of the molecule is CCC#CCCC(=O)[S]. The van der Waals surface area contributed by atoms with Gasteiger partial charge >= 0.3 is 0 Å². The predicted molar refractivity (Wildman–Crippen MR) is 39.9 cm³/mol. The third-order valence-corrected chi connectivity index (χ3v) is 0.960. The van der Waals surface area contributed by atoms with Crippen molar-refractivity contribution in [2.75, 3.05) is 0 Å². The predicted octanol–water partition coefficient (Wildman–Crippen LogP) is 1.90. The highest BCUT2D eigenvalue weighted by molar-refractivity contribution is 7.96. The smallest absolute Gasteiger partial charge is 0.219 e. The first-order chi connectivity index (χ1) is 4.27. The Labute approximate surface area is 61.2 Å². The van der Waals surface area contributed by atoms with E-state index in [0.29, 0.717) is 12.8 Å². The van der Waals surface area contributed by atoms with E-state index in [9.17, 15) is 4.79 Å². The van der Waals surface area contributed by atoms with E-state index in [1.54, 1.807) is 0 Å². The molecule has 49 valence electrons. The summed E-state index contributed by atoms with van der Waals surface area (Å²) in [7, 11) is 0. The molecular formula is C7H9OS. The van der Waals surface area contributed by atoms with Crippen LogP contribution in [0.3, 0.4) is 0 Å². The van der Waals surface area contributed by atoms with Gasteiger partial charge < -0.3 is 0 Å². The number of hydrogen-bond acceptors (Lipinski definition) is 1. The van der Waals surface area contributed by atoms with Crippen LogP contribution in [0.4, 0.5) is 0 Å². The Kier molecular flexibility index (Phi) is 5.24. The van der Waals surface area contributed by atoms with Crippen molar-refractivity contribution in [3.05, 3.63) is 0 Å². The average molecular weight is 141 g/mol. The molecule has 0 spiro atoms. The van der Waals surface area contributed by atoms with Crippen molar-refractivity contribution in [2.45, 2.75) is 26.2 Å². The molecule has 0 aromatic carbocycles. The Hall–Kier alpha value is -0.550. The zero-order valence-corrected chi connectivity index (χ0v) is 6.25. The maximum absolute atomic E-state index is 10.2. The normalized spacial score (nSPS) is 7.67. The highest BCUT2D eigenvalue weighted by Gasteiger charge is 1.89. The van der Waals surface area contributed by atoms with Gasteiger partial charge in [0.1, 0.15) is 0 Å². The van der Waals surface area contributed by atoms with Gasteiger partial charge in [-0.05, 0) is 12.6 Å². The van der Waals surface area contributed by atoms with Crippen molar-refractivity contribution in [3.63, 3.8) is 0 Å². The molecule has 0 aliphatic carbocycles. The van der Waals surface area contributed by atoms with Gasteiger partial charge in [-0.25, -0.2) is 0 Å². The van der Waals surface area contributed by atoms with E-state index in [4.69, 9.17) is 0 Å². The van der Waals surface area contributed by atoms with Crippen molar-refractivity contribution in [1.82, 2.24) is 0 Å². The van der Waals surface area contributed by atoms with Gasteiger partial charge in [-0.3, -0.25) is 4.79 Å². The molecule has 0 aromatic heterocycles. The van der Waals surface area contributed by atoms with E-state index in [-0.39, 0.29) is 5.12 Å². The molecule has 0 saturated carbocycles. The van der Waals surface area contributed by atoms with Crippen LogP contribution in [-0.2, 0) is 4.79 Å². The van der Waals surface area contributed by atoms with E-state index in [1.807, 2.05) is 6.92 Å². The lowest BCUT2D eigenvalue weighted by Gasteiger charge is -1.80. The summed E-state index contributed by atoms with van der Waals surface area (Å²) < 4.78 is 0. The second-order valence-electron chi connectivity index (χ2n) is 1.58. The minimum Gasteiger partial charge on any atom is -0.282 e. The summed E-state index contributed by atoms with van der Waals surface area (Å²) >= 11 is 4.32. The molecule has 2 heteroatoms. The fourth-order valence-corrected chi connectivity index (χ4v) is 0.480. The number of carbonyl (C=O) groups excluding carboxylic acids is 1. The molecular weight excluding hydrogens is 132 g/mol. The Morgan fingerprint density at radius 1 is 1.56 bits per heavy atom. The van der Waals surface area contributed by atoms with Gasteiger partial charge in [-0.1, -0.05) is 6.92 Å². The molecule has 0 amide bonds. The molecule has 0 rings (SSSR count). The summed E-state index contributed by atoms with van der Waals surface area (Å²) in [5.74, 6) is 5.68. The molecule has 0 atom stereocenters. The first-order valence-electron chi connectivity index (χ1n) is 2.93. The molecule has 0 saturated heterocycles. The molecule has 0 unspecified atom stereocenters. The lowest BCUT2D eigenvalue weighted by atomic mass is 10.3. The molecule has 1 nitrogen and oxygen atoms in total. The highest BCUT2D eigenvalue weighted by atomic mass is 32.1. The van der Waals surface area contributed by atoms with Crippen LogP contribution in [0.15, 0.2) is 0 Å². The third-order valence-electron chi connectivity index (χ3n) is 0.756. The van der Waals surface area contributed by atoms with Gasteiger partial charge in [0, 0.05) is 19.3 Å². The van der Waals surface area contributed by atoms with Gasteiger partial charge in [0.05, 0.1) is 0 Å². The Morgan fingerprint density at radius 3 is 2.67 bits per heavy atom. The third kappa shape index (κ3) is 7.45. The fraction of sp³-hybridized carbons (Fsp3) is 0.571. The van der Waals surface area contributed by atoms with Gasteiger partial charge in [-0.15, -0.1) is 11.8 Å². The molecule has 0 N–H and O–H groups in total. The van der Waals surface area contributed by atoms with Gasteiger partial charge in [0.2, 0.25) is 5.12 Å². The van der Waals surface area contributed by atoms with Gasteiger partial charge in [-0.2, -0.15) is 0 Å². The standard InChI is InChI=1S/C7H9OS/c1-2-3-4-5-6-7(8)9/h2,5-6H2,1H3. The van der Waals surface area contributed by atoms with Gasteiger partial charge in [0.25, 0.3) is 0 Å². The Morgan fingerprint density at radius 2 is 2.22 bits per heavy atom. The molecule has 0 aliphatic rings. The van der Waals surface area contributed by atoms with Crippen molar-refractivity contribution >= 4 is 17.7 Å². The monoisotopic (exact) mass is 141 g/mol. The summed E-state index contributed by atoms with van der Waals surface area (Å²) in [6.45, 7) is 1.97. The molecule has 0 fully saturated rings. The molecule has 9 heavy (non-hydrogen) atoms. The van der Waals surface area contributed by atoms with Crippen LogP contribution in [-0.4, -0.2) is 5.12 Å². The number of rotatable bonds is 2. The topological polar surface area (TPSA) is 17.1 Å². The van der Waals surface area contributed by atoms with Crippen LogP contribution in [0.25, 0.3) is 0 Å². The summed E-state index contributed by atoms with van der Waals surface area (Å²) in [5.41, 5.74) is 0. The molecule has 1 radical (unpaired) electrons. The van der Waals surface area contributed by atoms with Crippen LogP contribution in [0, 0.1) is 11.8 Å². The first kappa shape index (κ1) is 8.45. The fourth-order valence-electron chi connectivity index (χ4n) is 0.378. The second-order valence-corrected chi connectivity index (χ2v) is 2.03. The van der Waals surface area contributed by atoms with E-state index in [1.165, 1.54) is 0 Å². The van der Waals surface area contributed by atoms with Gasteiger partial charge in [0.15, 0.2) is 0 Å².